The molecule has 208 valence electrons. The Hall–Kier alpha value is -4.70. The van der Waals surface area contributed by atoms with Gasteiger partial charge in [-0.25, -0.2) is 4.98 Å². The monoisotopic (exact) mass is 618 g/mol. The molecule has 2 heterocycles. The number of furan rings is 1. The highest BCUT2D eigenvalue weighted by Crippen LogP contribution is 2.35. The first kappa shape index (κ1) is 27.5. The molecule has 42 heavy (non-hydrogen) atoms. The number of nitrogens with zero attached hydrogens (tertiary/aromatic N) is 4. The molecule has 0 N–H and O–H groups in total. The number of ether oxygens (including phenoxy) is 1. The zero-order valence-electron chi connectivity index (χ0n) is 21.3. The van der Waals surface area contributed by atoms with Gasteiger partial charge in [0.25, 0.3) is 11.2 Å². The van der Waals surface area contributed by atoms with E-state index >= 15 is 0 Å². The summed E-state index contributed by atoms with van der Waals surface area (Å²) in [6.07, 6.45) is 1.42. The van der Waals surface area contributed by atoms with E-state index in [4.69, 9.17) is 44.0 Å². The fourth-order valence-electron chi connectivity index (χ4n) is 4.35. The molecule has 0 aliphatic heterocycles. The first-order valence-corrected chi connectivity index (χ1v) is 13.5. The maximum Gasteiger partial charge on any atom is 0.282 e. The van der Waals surface area contributed by atoms with E-state index in [9.17, 15) is 14.9 Å². The molecule has 0 radical (unpaired) electrons. The summed E-state index contributed by atoms with van der Waals surface area (Å²) in [5, 5.41) is 17.5. The molecule has 0 atom stereocenters. The molecule has 0 saturated heterocycles. The van der Waals surface area contributed by atoms with Crippen LogP contribution < -0.4 is 10.3 Å². The second-order valence-corrected chi connectivity index (χ2v) is 10.4. The smallest absolute Gasteiger partial charge is 0.282 e. The third kappa shape index (κ3) is 5.45. The number of hydrogen-bond acceptors (Lipinski definition) is 7. The van der Waals surface area contributed by atoms with Gasteiger partial charge in [0.15, 0.2) is 11.5 Å². The zero-order valence-corrected chi connectivity index (χ0v) is 23.6. The van der Waals surface area contributed by atoms with Crippen molar-refractivity contribution in [1.82, 2.24) is 9.66 Å². The topological polar surface area (TPSA) is 113 Å². The number of fused-ring (bicyclic) bond motifs is 2. The summed E-state index contributed by atoms with van der Waals surface area (Å²) in [6, 6.07) is 23.1. The predicted octanol–water partition coefficient (Wildman–Crippen LogP) is 8.14. The van der Waals surface area contributed by atoms with E-state index in [2.05, 4.69) is 10.1 Å². The maximum atomic E-state index is 13.5. The van der Waals surface area contributed by atoms with Crippen LogP contribution >= 0.6 is 34.8 Å². The van der Waals surface area contributed by atoms with Crippen LogP contribution in [-0.2, 0) is 6.61 Å². The number of nitro groups is 1. The average molecular weight is 620 g/mol. The second kappa shape index (κ2) is 11.3. The number of non-ortho nitro benzene ring substituents is 1. The minimum Gasteiger partial charge on any atom is -0.486 e. The number of rotatable bonds is 7. The fourth-order valence-corrected chi connectivity index (χ4v) is 5.14. The summed E-state index contributed by atoms with van der Waals surface area (Å²) in [6.45, 7) is 0.0127. The van der Waals surface area contributed by atoms with Gasteiger partial charge >= 0.3 is 0 Å². The van der Waals surface area contributed by atoms with Gasteiger partial charge in [0.2, 0.25) is 5.82 Å². The molecular formula is C30H17Cl3N4O5. The Kier molecular flexibility index (Phi) is 7.38. The third-order valence-corrected chi connectivity index (χ3v) is 7.10. The minimum atomic E-state index is -0.483. The Balaban J connectivity index is 1.35. The highest BCUT2D eigenvalue weighted by molar-refractivity contribution is 6.37. The van der Waals surface area contributed by atoms with Crippen molar-refractivity contribution in [3.8, 4) is 17.3 Å². The fraction of sp³-hybridized carbons (Fsp3) is 0.0333. The summed E-state index contributed by atoms with van der Waals surface area (Å²) in [5.74, 6) is 0.720. The van der Waals surface area contributed by atoms with Crippen LogP contribution in [0.3, 0.4) is 0 Å². The molecule has 0 aliphatic rings. The quantitative estimate of drug-likeness (QED) is 0.101. The predicted molar refractivity (Wildman–Crippen MR) is 163 cm³/mol. The number of para-hydroxylation sites is 1. The summed E-state index contributed by atoms with van der Waals surface area (Å²) in [7, 11) is 0. The Bertz CT molecular complexity index is 2080. The summed E-state index contributed by atoms with van der Waals surface area (Å²) in [5.41, 5.74) is 1.66. The lowest BCUT2D eigenvalue weighted by molar-refractivity contribution is -0.384. The van der Waals surface area contributed by atoms with Gasteiger partial charge in [0.05, 0.1) is 32.1 Å². The lowest BCUT2D eigenvalue weighted by Gasteiger charge is -2.11. The second-order valence-electron chi connectivity index (χ2n) is 9.14. The lowest BCUT2D eigenvalue weighted by atomic mass is 10.2. The summed E-state index contributed by atoms with van der Waals surface area (Å²) < 4.78 is 12.9. The van der Waals surface area contributed by atoms with Crippen molar-refractivity contribution in [2.75, 3.05) is 0 Å². The highest BCUT2D eigenvalue weighted by Gasteiger charge is 2.17. The number of halogens is 3. The zero-order chi connectivity index (χ0) is 29.4. The van der Waals surface area contributed by atoms with E-state index in [1.807, 2.05) is 0 Å². The van der Waals surface area contributed by atoms with Gasteiger partial charge in [0.1, 0.15) is 12.2 Å². The van der Waals surface area contributed by atoms with E-state index in [-0.39, 0.29) is 33.9 Å². The van der Waals surface area contributed by atoms with Crippen molar-refractivity contribution in [3.63, 3.8) is 0 Å². The van der Waals surface area contributed by atoms with Gasteiger partial charge in [-0.1, -0.05) is 59.1 Å². The van der Waals surface area contributed by atoms with Gasteiger partial charge in [-0.2, -0.15) is 9.78 Å². The van der Waals surface area contributed by atoms with E-state index in [1.165, 1.54) is 18.3 Å². The highest BCUT2D eigenvalue weighted by atomic mass is 35.5. The number of nitro benzene ring substituents is 1. The van der Waals surface area contributed by atoms with Crippen LogP contribution in [0.4, 0.5) is 5.69 Å². The van der Waals surface area contributed by atoms with Crippen molar-refractivity contribution in [3.05, 3.63) is 132 Å². The van der Waals surface area contributed by atoms with E-state index < -0.39 is 10.5 Å². The number of aromatic nitrogens is 2. The molecule has 0 unspecified atom stereocenters. The lowest BCUT2D eigenvalue weighted by Crippen LogP contribution is -2.20. The van der Waals surface area contributed by atoms with E-state index in [0.717, 1.165) is 10.1 Å². The molecule has 0 amide bonds. The molecule has 0 aliphatic carbocycles. The number of hydrogen-bond donors (Lipinski definition) is 0. The Morgan fingerprint density at radius 3 is 2.55 bits per heavy atom. The van der Waals surface area contributed by atoms with Crippen LogP contribution in [0.15, 0.2) is 99.2 Å². The van der Waals surface area contributed by atoms with Crippen molar-refractivity contribution < 1.29 is 14.1 Å². The largest absolute Gasteiger partial charge is 0.486 e. The van der Waals surface area contributed by atoms with Crippen LogP contribution in [0.2, 0.25) is 15.1 Å². The molecule has 4 aromatic carbocycles. The van der Waals surface area contributed by atoms with Crippen molar-refractivity contribution >= 4 is 68.6 Å². The van der Waals surface area contributed by atoms with Crippen molar-refractivity contribution in [2.45, 2.75) is 6.61 Å². The molecule has 0 fully saturated rings. The van der Waals surface area contributed by atoms with Crippen LogP contribution in [0.1, 0.15) is 11.1 Å². The maximum absolute atomic E-state index is 13.5. The number of benzene rings is 4. The Morgan fingerprint density at radius 1 is 0.976 bits per heavy atom. The van der Waals surface area contributed by atoms with E-state index in [0.29, 0.717) is 38.4 Å². The first-order valence-electron chi connectivity index (χ1n) is 12.4. The molecule has 0 saturated carbocycles. The van der Waals surface area contributed by atoms with E-state index in [1.54, 1.807) is 72.8 Å². The molecule has 0 spiro atoms. The van der Waals surface area contributed by atoms with Crippen LogP contribution in [-0.4, -0.2) is 20.8 Å². The van der Waals surface area contributed by atoms with Crippen molar-refractivity contribution in [2.24, 2.45) is 5.10 Å². The Morgan fingerprint density at radius 2 is 1.76 bits per heavy atom. The third-order valence-electron chi connectivity index (χ3n) is 6.30. The SMILES string of the molecule is O=c1c2ccccc2nc(-c2cc3cc(Cl)ccc3o2)n1N=Cc1cc(Cl)c(OCc2cccc([N+](=O)[O-])c2)c(Cl)c1. The summed E-state index contributed by atoms with van der Waals surface area (Å²) in [4.78, 5) is 28.8. The van der Waals surface area contributed by atoms with Gasteiger partial charge in [-0.05, 0) is 59.7 Å². The van der Waals surface area contributed by atoms with Gasteiger partial charge < -0.3 is 9.15 Å². The summed E-state index contributed by atoms with van der Waals surface area (Å²) >= 11 is 19.1. The van der Waals surface area contributed by atoms with Crippen LogP contribution in [0.5, 0.6) is 5.75 Å². The normalized spacial score (nSPS) is 11.5. The Labute approximate surface area is 252 Å². The van der Waals surface area contributed by atoms with Gasteiger partial charge in [-0.15, -0.1) is 0 Å². The first-order chi connectivity index (χ1) is 20.3. The molecule has 6 aromatic rings. The van der Waals surface area contributed by atoms with Crippen LogP contribution in [0.25, 0.3) is 33.5 Å². The van der Waals surface area contributed by atoms with Crippen LogP contribution in [0, 0.1) is 10.1 Å². The molecule has 2 aromatic heterocycles. The minimum absolute atomic E-state index is 0.0127. The van der Waals surface area contributed by atoms with Gasteiger partial charge in [-0.3, -0.25) is 14.9 Å². The molecular weight excluding hydrogens is 603 g/mol. The average Bonchev–Trinajstić information content (AvgIpc) is 3.39. The molecule has 6 rings (SSSR count). The van der Waals surface area contributed by atoms with Crippen molar-refractivity contribution in [1.29, 1.82) is 0 Å². The molecule has 12 heteroatoms. The standard InChI is InChI=1S/C30H17Cl3N4O5/c31-20-8-9-26-19(13-20)14-27(42-26)29-35-25-7-2-1-6-22(25)30(38)36(29)34-15-18-11-23(32)28(24(33)12-18)41-16-17-4-3-5-21(10-17)37(39)40/h1-15H,16H2. The molecule has 0 bridgehead atoms. The van der Waals surface area contributed by atoms with Gasteiger partial charge in [0, 0.05) is 22.5 Å². The molecule has 9 nitrogen and oxygen atoms in total.